The molecule has 1 heterocycles. The molecule has 0 saturated heterocycles. The number of nitrogens with zero attached hydrogens (tertiary/aromatic N) is 3. The summed E-state index contributed by atoms with van der Waals surface area (Å²) in [5.41, 5.74) is 1.63. The number of carbonyl (C=O) groups excluding carboxylic acids is 1. The summed E-state index contributed by atoms with van der Waals surface area (Å²) in [4.78, 5) is 24.2. The molecule has 9 heteroatoms. The van der Waals surface area contributed by atoms with Crippen LogP contribution >= 0.6 is 0 Å². The quantitative estimate of drug-likeness (QED) is 0.405. The number of halogens is 1. The number of carbonyl (C=O) groups is 1. The van der Waals surface area contributed by atoms with E-state index < -0.39 is 22.5 Å². The maximum absolute atomic E-state index is 13.6. The van der Waals surface area contributed by atoms with Crippen LogP contribution in [0.25, 0.3) is 11.3 Å². The predicted molar refractivity (Wildman–Crippen MR) is 127 cm³/mol. The Hall–Kier alpha value is -3.17. The van der Waals surface area contributed by atoms with E-state index in [1.54, 1.807) is 23.1 Å². The van der Waals surface area contributed by atoms with Crippen LogP contribution in [0.5, 0.6) is 0 Å². The maximum Gasteiger partial charge on any atom is 0.297 e. The van der Waals surface area contributed by atoms with Crippen LogP contribution in [0.4, 0.5) is 4.39 Å². The first-order valence-corrected chi connectivity index (χ1v) is 12.5. The summed E-state index contributed by atoms with van der Waals surface area (Å²) in [7, 11) is -4.03. The van der Waals surface area contributed by atoms with Gasteiger partial charge in [0, 0.05) is 18.7 Å². The lowest BCUT2D eigenvalue weighted by atomic mass is 9.97. The van der Waals surface area contributed by atoms with E-state index in [-0.39, 0.29) is 22.5 Å². The number of rotatable bonds is 9. The molecule has 0 fully saturated rings. The van der Waals surface area contributed by atoms with Crippen LogP contribution in [0.2, 0.25) is 0 Å². The van der Waals surface area contributed by atoms with Crippen molar-refractivity contribution in [1.29, 1.82) is 0 Å². The van der Waals surface area contributed by atoms with Crippen molar-refractivity contribution in [1.82, 2.24) is 14.9 Å². The second-order valence-corrected chi connectivity index (χ2v) is 9.53. The van der Waals surface area contributed by atoms with Gasteiger partial charge in [-0.1, -0.05) is 32.0 Å². The van der Waals surface area contributed by atoms with E-state index in [4.69, 9.17) is 4.18 Å². The molecular weight excluding hydrogens is 457 g/mol. The zero-order valence-corrected chi connectivity index (χ0v) is 20.5. The molecule has 0 aliphatic rings. The average Bonchev–Trinajstić information content (AvgIpc) is 2.84. The van der Waals surface area contributed by atoms with Crippen LogP contribution < -0.4 is 0 Å². The first kappa shape index (κ1) is 25.5. The van der Waals surface area contributed by atoms with Crippen molar-refractivity contribution in [2.75, 3.05) is 13.1 Å². The molecule has 7 nitrogen and oxygen atoms in total. The highest BCUT2D eigenvalue weighted by Crippen LogP contribution is 2.30. The molecule has 0 radical (unpaired) electrons. The van der Waals surface area contributed by atoms with Crippen molar-refractivity contribution < 1.29 is 21.8 Å². The van der Waals surface area contributed by atoms with Crippen LogP contribution in [-0.4, -0.2) is 42.3 Å². The Morgan fingerprint density at radius 3 is 2.18 bits per heavy atom. The minimum absolute atomic E-state index is 0.0196. The molecule has 0 spiro atoms. The van der Waals surface area contributed by atoms with E-state index in [0.717, 1.165) is 0 Å². The molecule has 180 valence electrons. The van der Waals surface area contributed by atoms with Crippen molar-refractivity contribution in [2.24, 2.45) is 0 Å². The molecule has 34 heavy (non-hydrogen) atoms. The summed E-state index contributed by atoms with van der Waals surface area (Å²) >= 11 is 0. The van der Waals surface area contributed by atoms with Crippen LogP contribution in [0.1, 0.15) is 55.5 Å². The molecule has 0 N–H and O–H groups in total. The average molecular weight is 486 g/mol. The van der Waals surface area contributed by atoms with Crippen molar-refractivity contribution >= 4 is 16.0 Å². The van der Waals surface area contributed by atoms with E-state index in [2.05, 4.69) is 9.97 Å². The highest BCUT2D eigenvalue weighted by Gasteiger charge is 2.27. The van der Waals surface area contributed by atoms with E-state index in [1.165, 1.54) is 36.4 Å². The largest absolute Gasteiger partial charge is 0.339 e. The highest BCUT2D eigenvalue weighted by molar-refractivity contribution is 7.86. The van der Waals surface area contributed by atoms with Gasteiger partial charge in [0.1, 0.15) is 12.4 Å². The maximum atomic E-state index is 13.6. The van der Waals surface area contributed by atoms with Gasteiger partial charge >= 0.3 is 0 Å². The minimum Gasteiger partial charge on any atom is -0.339 e. The van der Waals surface area contributed by atoms with Gasteiger partial charge in [-0.15, -0.1) is 0 Å². The molecule has 1 aromatic heterocycles. The van der Waals surface area contributed by atoms with Gasteiger partial charge in [0.05, 0.1) is 21.8 Å². The summed E-state index contributed by atoms with van der Waals surface area (Å²) in [5.74, 6) is -0.715. The first-order valence-electron chi connectivity index (χ1n) is 11.1. The minimum atomic E-state index is -4.03. The monoisotopic (exact) mass is 485 g/mol. The number of aromatic nitrogens is 2. The van der Waals surface area contributed by atoms with Crippen LogP contribution in [0, 0.1) is 5.82 Å². The Labute approximate surface area is 199 Å². The number of hydrogen-bond acceptors (Lipinski definition) is 6. The summed E-state index contributed by atoms with van der Waals surface area (Å²) in [5, 5.41) is 0. The highest BCUT2D eigenvalue weighted by atomic mass is 32.2. The Balaban J connectivity index is 2.12. The number of amides is 1. The van der Waals surface area contributed by atoms with Gasteiger partial charge in [0.15, 0.2) is 5.82 Å². The Kier molecular flexibility index (Phi) is 8.11. The third-order valence-corrected chi connectivity index (χ3v) is 6.57. The lowest BCUT2D eigenvalue weighted by molar-refractivity contribution is 0.0771. The summed E-state index contributed by atoms with van der Waals surface area (Å²) in [6, 6.07) is 13.4. The molecule has 0 aliphatic heterocycles. The number of benzene rings is 2. The second-order valence-electron chi connectivity index (χ2n) is 7.92. The lowest BCUT2D eigenvalue weighted by Crippen LogP contribution is -2.32. The summed E-state index contributed by atoms with van der Waals surface area (Å²) in [6.07, 6.45) is 0. The first-order chi connectivity index (χ1) is 16.2. The predicted octanol–water partition coefficient (Wildman–Crippen LogP) is 4.79. The molecule has 0 aliphatic carbocycles. The van der Waals surface area contributed by atoms with Crippen LogP contribution in [0.15, 0.2) is 59.5 Å². The molecule has 3 aromatic rings. The molecular formula is C25H28FN3O4S. The molecule has 0 unspecified atom stereocenters. The van der Waals surface area contributed by atoms with Gasteiger partial charge < -0.3 is 4.90 Å². The van der Waals surface area contributed by atoms with E-state index in [1.807, 2.05) is 27.7 Å². The van der Waals surface area contributed by atoms with Crippen molar-refractivity contribution in [3.8, 4) is 11.3 Å². The van der Waals surface area contributed by atoms with E-state index >= 15 is 0 Å². The van der Waals surface area contributed by atoms with Gasteiger partial charge in [-0.05, 0) is 56.2 Å². The smallest absolute Gasteiger partial charge is 0.297 e. The molecule has 1 amide bonds. The third-order valence-electron chi connectivity index (χ3n) is 5.29. The van der Waals surface area contributed by atoms with Crippen molar-refractivity contribution in [2.45, 2.75) is 45.1 Å². The van der Waals surface area contributed by atoms with Crippen molar-refractivity contribution in [3.63, 3.8) is 0 Å². The Morgan fingerprint density at radius 2 is 1.62 bits per heavy atom. The zero-order valence-electron chi connectivity index (χ0n) is 19.7. The Morgan fingerprint density at radius 1 is 1.00 bits per heavy atom. The molecule has 0 saturated carbocycles. The fourth-order valence-corrected chi connectivity index (χ4v) is 4.38. The summed E-state index contributed by atoms with van der Waals surface area (Å²) < 4.78 is 44.0. The molecule has 0 atom stereocenters. The van der Waals surface area contributed by atoms with Crippen LogP contribution in [0.3, 0.4) is 0 Å². The zero-order chi connectivity index (χ0) is 24.9. The fourth-order valence-electron chi connectivity index (χ4n) is 3.49. The van der Waals surface area contributed by atoms with Gasteiger partial charge in [-0.3, -0.25) is 8.98 Å². The van der Waals surface area contributed by atoms with E-state index in [0.29, 0.717) is 35.6 Å². The SMILES string of the molecule is CCN(CC)C(=O)c1c(-c2ccc(F)cc2)nc(COS(=O)(=O)c2ccccc2)nc1C(C)C. The van der Waals surface area contributed by atoms with Gasteiger partial charge in [0.2, 0.25) is 0 Å². The fraction of sp³-hybridized carbons (Fsp3) is 0.320. The standard InChI is InChI=1S/C25H28FN3O4S/c1-5-29(6-2)25(30)22-23(17(3)4)27-21(28-24(22)18-12-14-19(26)15-13-18)16-33-34(31,32)20-10-8-7-9-11-20/h7-15,17H,5-6,16H2,1-4H3. The molecule has 3 rings (SSSR count). The Bertz CT molecular complexity index is 1240. The third kappa shape index (κ3) is 5.66. The van der Waals surface area contributed by atoms with E-state index in [9.17, 15) is 17.6 Å². The summed E-state index contributed by atoms with van der Waals surface area (Å²) in [6.45, 7) is 8.12. The molecule has 0 bridgehead atoms. The van der Waals surface area contributed by atoms with Crippen molar-refractivity contribution in [3.05, 3.63) is 77.5 Å². The lowest BCUT2D eigenvalue weighted by Gasteiger charge is -2.23. The van der Waals surface area contributed by atoms with Gasteiger partial charge in [-0.2, -0.15) is 8.42 Å². The topological polar surface area (TPSA) is 89.5 Å². The molecule has 2 aromatic carbocycles. The van der Waals surface area contributed by atoms with Gasteiger partial charge in [-0.25, -0.2) is 14.4 Å². The van der Waals surface area contributed by atoms with Gasteiger partial charge in [0.25, 0.3) is 16.0 Å². The normalized spacial score (nSPS) is 11.6. The van der Waals surface area contributed by atoms with Crippen LogP contribution in [-0.2, 0) is 20.9 Å². The number of hydrogen-bond donors (Lipinski definition) is 0. The second kappa shape index (κ2) is 10.8.